The molecule has 3 aromatic rings. The summed E-state index contributed by atoms with van der Waals surface area (Å²) in [5.74, 6) is 0.880. The van der Waals surface area contributed by atoms with E-state index in [2.05, 4.69) is 10.2 Å². The molecule has 8 heteroatoms. The fourth-order valence-corrected chi connectivity index (χ4v) is 3.95. The first-order valence-corrected chi connectivity index (χ1v) is 9.98. The van der Waals surface area contributed by atoms with Crippen molar-refractivity contribution in [2.24, 2.45) is 0 Å². The molecule has 0 saturated heterocycles. The standard InChI is InChI=1S/C19H20ClN3O3S/c1-3-7-16(18(24)25-4-2)27-19-22-21-17(15-10-6-11-26-15)23(19)14-9-5-8-13(20)12-14/h5-6,8-12,16H,3-4,7H2,1-2H3/t16-/m1/s1. The third-order valence-corrected chi connectivity index (χ3v) is 5.21. The summed E-state index contributed by atoms with van der Waals surface area (Å²) in [6.45, 7) is 4.18. The number of hydrogen-bond donors (Lipinski definition) is 0. The quantitative estimate of drug-likeness (QED) is 0.387. The van der Waals surface area contributed by atoms with Crippen molar-refractivity contribution in [3.8, 4) is 17.3 Å². The maximum atomic E-state index is 12.3. The summed E-state index contributed by atoms with van der Waals surface area (Å²) in [6.07, 6.45) is 3.12. The summed E-state index contributed by atoms with van der Waals surface area (Å²) >= 11 is 7.52. The van der Waals surface area contributed by atoms with Gasteiger partial charge in [-0.25, -0.2) is 0 Å². The lowest BCUT2D eigenvalue weighted by Crippen LogP contribution is -2.20. The highest BCUT2D eigenvalue weighted by molar-refractivity contribution is 8.00. The van der Waals surface area contributed by atoms with Crippen LogP contribution in [-0.4, -0.2) is 32.6 Å². The van der Waals surface area contributed by atoms with Crippen molar-refractivity contribution in [3.63, 3.8) is 0 Å². The number of furan rings is 1. The highest BCUT2D eigenvalue weighted by Gasteiger charge is 2.26. The number of thioether (sulfide) groups is 1. The first kappa shape index (κ1) is 19.5. The van der Waals surface area contributed by atoms with Crippen LogP contribution in [0.1, 0.15) is 26.7 Å². The second kappa shape index (κ2) is 9.10. The minimum atomic E-state index is -0.360. The van der Waals surface area contributed by atoms with Crippen LogP contribution in [0.25, 0.3) is 17.3 Å². The fourth-order valence-electron chi connectivity index (χ4n) is 2.61. The smallest absolute Gasteiger partial charge is 0.319 e. The van der Waals surface area contributed by atoms with E-state index in [-0.39, 0.29) is 11.2 Å². The fraction of sp³-hybridized carbons (Fsp3) is 0.316. The number of ether oxygens (including phenoxy) is 1. The maximum Gasteiger partial charge on any atom is 0.319 e. The van der Waals surface area contributed by atoms with Gasteiger partial charge in [0.2, 0.25) is 5.82 Å². The Morgan fingerprint density at radius 2 is 2.15 bits per heavy atom. The average molecular weight is 406 g/mol. The van der Waals surface area contributed by atoms with Crippen molar-refractivity contribution in [1.82, 2.24) is 14.8 Å². The molecule has 3 rings (SSSR count). The molecule has 0 aliphatic rings. The second-order valence-corrected chi connectivity index (χ2v) is 7.35. The summed E-state index contributed by atoms with van der Waals surface area (Å²) in [6, 6.07) is 11.0. The number of esters is 1. The topological polar surface area (TPSA) is 70.2 Å². The van der Waals surface area contributed by atoms with Crippen LogP contribution in [0.3, 0.4) is 0 Å². The lowest BCUT2D eigenvalue weighted by Gasteiger charge is -2.15. The zero-order valence-corrected chi connectivity index (χ0v) is 16.7. The zero-order valence-electron chi connectivity index (χ0n) is 15.1. The molecule has 0 N–H and O–H groups in total. The summed E-state index contributed by atoms with van der Waals surface area (Å²) in [7, 11) is 0. The summed E-state index contributed by atoms with van der Waals surface area (Å²) in [5, 5.41) is 9.41. The molecule has 0 amide bonds. The molecule has 0 bridgehead atoms. The van der Waals surface area contributed by atoms with Gasteiger partial charge in [0.1, 0.15) is 5.25 Å². The Kier molecular flexibility index (Phi) is 6.58. The minimum absolute atomic E-state index is 0.246. The van der Waals surface area contributed by atoms with E-state index in [1.165, 1.54) is 11.8 Å². The molecule has 0 spiro atoms. The van der Waals surface area contributed by atoms with Gasteiger partial charge in [0.25, 0.3) is 0 Å². The van der Waals surface area contributed by atoms with Gasteiger partial charge in [-0.2, -0.15) is 0 Å². The van der Waals surface area contributed by atoms with E-state index in [9.17, 15) is 4.79 Å². The van der Waals surface area contributed by atoms with Gasteiger partial charge in [-0.05, 0) is 43.7 Å². The zero-order chi connectivity index (χ0) is 19.2. The van der Waals surface area contributed by atoms with E-state index in [1.54, 1.807) is 25.3 Å². The van der Waals surface area contributed by atoms with E-state index >= 15 is 0 Å². The Labute approximate surface area is 166 Å². The number of hydrogen-bond acceptors (Lipinski definition) is 6. The third kappa shape index (κ3) is 4.54. The molecule has 6 nitrogen and oxygen atoms in total. The lowest BCUT2D eigenvalue weighted by atomic mass is 10.2. The number of carbonyl (C=O) groups is 1. The van der Waals surface area contributed by atoms with Gasteiger partial charge in [-0.1, -0.05) is 42.8 Å². The van der Waals surface area contributed by atoms with Gasteiger partial charge < -0.3 is 9.15 Å². The van der Waals surface area contributed by atoms with E-state index < -0.39 is 0 Å². The van der Waals surface area contributed by atoms with Crippen LogP contribution in [0.4, 0.5) is 0 Å². The Hall–Kier alpha value is -2.25. The summed E-state index contributed by atoms with van der Waals surface area (Å²) in [5.41, 5.74) is 0.792. The Morgan fingerprint density at radius 1 is 1.30 bits per heavy atom. The lowest BCUT2D eigenvalue weighted by molar-refractivity contribution is -0.142. The molecule has 0 radical (unpaired) electrons. The SMILES string of the molecule is CCC[C@@H](Sc1nnc(-c2ccco2)n1-c1cccc(Cl)c1)C(=O)OCC. The third-order valence-electron chi connectivity index (χ3n) is 3.79. The van der Waals surface area contributed by atoms with Gasteiger partial charge in [0.15, 0.2) is 10.9 Å². The highest BCUT2D eigenvalue weighted by atomic mass is 35.5. The van der Waals surface area contributed by atoms with Crippen molar-refractivity contribution >= 4 is 29.3 Å². The number of aromatic nitrogens is 3. The number of benzene rings is 1. The Balaban J connectivity index is 2.03. The van der Waals surface area contributed by atoms with Crippen molar-refractivity contribution in [3.05, 3.63) is 47.7 Å². The van der Waals surface area contributed by atoms with Crippen molar-refractivity contribution in [2.45, 2.75) is 37.1 Å². The maximum absolute atomic E-state index is 12.3. The van der Waals surface area contributed by atoms with Gasteiger partial charge in [-0.3, -0.25) is 9.36 Å². The van der Waals surface area contributed by atoms with Gasteiger partial charge in [-0.15, -0.1) is 10.2 Å². The van der Waals surface area contributed by atoms with E-state index in [1.807, 2.05) is 35.8 Å². The molecule has 0 unspecified atom stereocenters. The molecule has 0 aliphatic heterocycles. The van der Waals surface area contributed by atoms with E-state index in [0.29, 0.717) is 34.8 Å². The molecule has 1 aromatic carbocycles. The van der Waals surface area contributed by atoms with Crippen LogP contribution in [0.15, 0.2) is 52.2 Å². The van der Waals surface area contributed by atoms with Crippen LogP contribution in [0, 0.1) is 0 Å². The normalized spacial score (nSPS) is 12.1. The molecule has 0 fully saturated rings. The van der Waals surface area contributed by atoms with E-state index in [0.717, 1.165) is 12.1 Å². The van der Waals surface area contributed by atoms with Crippen molar-refractivity contribution in [1.29, 1.82) is 0 Å². The molecule has 1 atom stereocenters. The molecule has 2 heterocycles. The number of rotatable bonds is 8. The first-order valence-electron chi connectivity index (χ1n) is 8.72. The number of carbonyl (C=O) groups excluding carboxylic acids is 1. The van der Waals surface area contributed by atoms with Crippen LogP contribution in [0.5, 0.6) is 0 Å². The van der Waals surface area contributed by atoms with Gasteiger partial charge in [0, 0.05) is 5.02 Å². The predicted molar refractivity (Wildman–Crippen MR) is 105 cm³/mol. The molecular weight excluding hydrogens is 386 g/mol. The van der Waals surface area contributed by atoms with Gasteiger partial charge >= 0.3 is 5.97 Å². The van der Waals surface area contributed by atoms with E-state index in [4.69, 9.17) is 20.8 Å². The second-order valence-electron chi connectivity index (χ2n) is 5.75. The minimum Gasteiger partial charge on any atom is -0.465 e. The predicted octanol–water partition coefficient (Wildman–Crippen LogP) is 5.00. The molecular formula is C19H20ClN3O3S. The van der Waals surface area contributed by atoms with Crippen molar-refractivity contribution in [2.75, 3.05) is 6.61 Å². The summed E-state index contributed by atoms with van der Waals surface area (Å²) in [4.78, 5) is 12.3. The number of halogens is 1. The largest absolute Gasteiger partial charge is 0.465 e. The van der Waals surface area contributed by atoms with Crippen LogP contribution in [0.2, 0.25) is 5.02 Å². The monoisotopic (exact) mass is 405 g/mol. The summed E-state index contributed by atoms with van der Waals surface area (Å²) < 4.78 is 12.6. The van der Waals surface area contributed by atoms with Crippen LogP contribution in [-0.2, 0) is 9.53 Å². The Bertz CT molecular complexity index is 896. The van der Waals surface area contributed by atoms with Crippen LogP contribution < -0.4 is 0 Å². The van der Waals surface area contributed by atoms with Crippen molar-refractivity contribution < 1.29 is 13.9 Å². The molecule has 27 heavy (non-hydrogen) atoms. The average Bonchev–Trinajstić information content (AvgIpc) is 3.31. The Morgan fingerprint density at radius 3 is 2.81 bits per heavy atom. The number of nitrogens with zero attached hydrogens (tertiary/aromatic N) is 3. The molecule has 0 saturated carbocycles. The first-order chi connectivity index (χ1) is 13.1. The molecule has 142 valence electrons. The van der Waals surface area contributed by atoms with Crippen LogP contribution >= 0.6 is 23.4 Å². The highest BCUT2D eigenvalue weighted by Crippen LogP contribution is 2.32. The van der Waals surface area contributed by atoms with Gasteiger partial charge in [0.05, 0.1) is 18.6 Å². The molecule has 0 aliphatic carbocycles. The molecule has 2 aromatic heterocycles.